The molecule has 5 rings (SSSR count). The second-order valence-corrected chi connectivity index (χ2v) is 7.66. The van der Waals surface area contributed by atoms with Crippen molar-refractivity contribution in [3.8, 4) is 0 Å². The number of hydrogen-bond donors (Lipinski definition) is 0. The third-order valence-electron chi connectivity index (χ3n) is 5.25. The lowest BCUT2D eigenvalue weighted by Crippen LogP contribution is -2.45. The van der Waals surface area contributed by atoms with Gasteiger partial charge < -0.3 is 9.42 Å². The van der Waals surface area contributed by atoms with Crippen LogP contribution in [0.1, 0.15) is 23.1 Å². The van der Waals surface area contributed by atoms with E-state index in [0.717, 1.165) is 18.1 Å². The first-order chi connectivity index (χ1) is 14.0. The van der Waals surface area contributed by atoms with Crippen LogP contribution in [0.2, 0.25) is 5.02 Å². The molecule has 148 valence electrons. The number of aromatic nitrogens is 6. The largest absolute Gasteiger partial charge is 0.337 e. The molecule has 0 N–H and O–H groups in total. The zero-order valence-electron chi connectivity index (χ0n) is 15.9. The quantitative estimate of drug-likeness (QED) is 0.507. The molecule has 0 radical (unpaired) electrons. The molecule has 1 aliphatic rings. The minimum atomic E-state index is -0.174. The number of aryl methyl sites for hydroxylation is 2. The Morgan fingerprint density at radius 2 is 2.00 bits per heavy atom. The highest BCUT2D eigenvalue weighted by Gasteiger charge is 2.31. The third kappa shape index (κ3) is 3.07. The van der Waals surface area contributed by atoms with Crippen molar-refractivity contribution in [3.05, 3.63) is 63.1 Å². The molecule has 4 heterocycles. The minimum Gasteiger partial charge on any atom is -0.337 e. The zero-order valence-corrected chi connectivity index (χ0v) is 16.7. The van der Waals surface area contributed by atoms with Crippen molar-refractivity contribution >= 4 is 28.6 Å². The Kier molecular flexibility index (Phi) is 4.13. The van der Waals surface area contributed by atoms with Crippen molar-refractivity contribution in [1.82, 2.24) is 29.5 Å². The highest BCUT2D eigenvalue weighted by Crippen LogP contribution is 2.30. The van der Waals surface area contributed by atoms with Crippen LogP contribution in [0, 0.1) is 6.92 Å². The lowest BCUT2D eigenvalue weighted by molar-refractivity contribution is 0.365. The smallest absolute Gasteiger partial charge is 0.266 e. The van der Waals surface area contributed by atoms with Crippen LogP contribution in [-0.4, -0.2) is 42.6 Å². The monoisotopic (exact) mass is 411 g/mol. The van der Waals surface area contributed by atoms with Crippen molar-refractivity contribution in [1.29, 1.82) is 0 Å². The molecule has 0 spiro atoms. The Balaban J connectivity index is 1.31. The first-order valence-corrected chi connectivity index (χ1v) is 9.59. The molecule has 0 bridgehead atoms. The fourth-order valence-electron chi connectivity index (χ4n) is 3.65. The van der Waals surface area contributed by atoms with Crippen LogP contribution in [0.5, 0.6) is 0 Å². The molecule has 4 aromatic rings. The Morgan fingerprint density at radius 3 is 2.76 bits per heavy atom. The molecule has 10 heteroatoms. The van der Waals surface area contributed by atoms with Gasteiger partial charge in [0.25, 0.3) is 11.5 Å². The van der Waals surface area contributed by atoms with Gasteiger partial charge in [-0.2, -0.15) is 10.1 Å². The normalized spacial score (nSPS) is 14.5. The van der Waals surface area contributed by atoms with Gasteiger partial charge in [0.05, 0.1) is 5.69 Å². The summed E-state index contributed by atoms with van der Waals surface area (Å²) >= 11 is 5.95. The Morgan fingerprint density at radius 1 is 1.24 bits per heavy atom. The Labute approximate surface area is 170 Å². The van der Waals surface area contributed by atoms with E-state index in [1.165, 1.54) is 16.5 Å². The fourth-order valence-corrected chi connectivity index (χ4v) is 3.78. The topological polar surface area (TPSA) is 94.9 Å². The SMILES string of the molecule is Cc1nn(C)c2ncn(Cc3nc(N4CC(c5ccc(Cl)cc5)C4)no3)c(=O)c12. The van der Waals surface area contributed by atoms with Crippen LogP contribution in [0.15, 0.2) is 39.9 Å². The first-order valence-electron chi connectivity index (χ1n) is 9.21. The van der Waals surface area contributed by atoms with Crippen LogP contribution in [0.4, 0.5) is 5.95 Å². The van der Waals surface area contributed by atoms with Gasteiger partial charge in [-0.05, 0) is 29.8 Å². The van der Waals surface area contributed by atoms with Gasteiger partial charge >= 0.3 is 0 Å². The molecule has 0 amide bonds. The van der Waals surface area contributed by atoms with Crippen LogP contribution < -0.4 is 10.5 Å². The van der Waals surface area contributed by atoms with Crippen LogP contribution in [0.3, 0.4) is 0 Å². The summed E-state index contributed by atoms with van der Waals surface area (Å²) in [7, 11) is 1.76. The molecule has 9 nitrogen and oxygen atoms in total. The summed E-state index contributed by atoms with van der Waals surface area (Å²) in [6.07, 6.45) is 1.48. The molecule has 1 aliphatic heterocycles. The van der Waals surface area contributed by atoms with E-state index < -0.39 is 0 Å². The number of anilines is 1. The summed E-state index contributed by atoms with van der Waals surface area (Å²) in [5.74, 6) is 1.31. The van der Waals surface area contributed by atoms with E-state index in [9.17, 15) is 4.79 Å². The molecular weight excluding hydrogens is 394 g/mol. The van der Waals surface area contributed by atoms with Crippen molar-refractivity contribution in [3.63, 3.8) is 0 Å². The summed E-state index contributed by atoms with van der Waals surface area (Å²) in [5, 5.41) is 9.55. The first kappa shape index (κ1) is 17.9. The maximum absolute atomic E-state index is 12.8. The Hall–Kier alpha value is -3.20. The Bertz CT molecular complexity index is 1250. The van der Waals surface area contributed by atoms with Crippen molar-refractivity contribution in [2.24, 2.45) is 7.05 Å². The van der Waals surface area contributed by atoms with E-state index in [1.54, 1.807) is 18.7 Å². The van der Waals surface area contributed by atoms with E-state index in [0.29, 0.717) is 34.5 Å². The highest BCUT2D eigenvalue weighted by molar-refractivity contribution is 6.30. The molecule has 1 aromatic carbocycles. The summed E-state index contributed by atoms with van der Waals surface area (Å²) in [4.78, 5) is 23.6. The van der Waals surface area contributed by atoms with Gasteiger partial charge in [0.1, 0.15) is 18.3 Å². The molecular formula is C19H18ClN7O2. The third-order valence-corrected chi connectivity index (χ3v) is 5.51. The number of fused-ring (bicyclic) bond motifs is 1. The van der Waals surface area contributed by atoms with E-state index in [2.05, 4.69) is 20.2 Å². The molecule has 1 fully saturated rings. The molecule has 0 unspecified atom stereocenters. The summed E-state index contributed by atoms with van der Waals surface area (Å²) in [6, 6.07) is 7.89. The van der Waals surface area contributed by atoms with Gasteiger partial charge in [0, 0.05) is 31.1 Å². The molecule has 3 aromatic heterocycles. The number of benzene rings is 1. The standard InChI is InChI=1S/C19H18ClN7O2/c1-11-16-17(25(2)23-11)21-10-27(18(16)28)9-15-22-19(24-29-15)26-7-13(8-26)12-3-5-14(20)6-4-12/h3-6,10,13H,7-9H2,1-2H3. The highest BCUT2D eigenvalue weighted by atomic mass is 35.5. The van der Waals surface area contributed by atoms with Crippen molar-refractivity contribution in [2.45, 2.75) is 19.4 Å². The maximum atomic E-state index is 12.8. The molecule has 0 aliphatic carbocycles. The van der Waals surface area contributed by atoms with E-state index in [1.807, 2.05) is 29.2 Å². The molecule has 0 saturated carbocycles. The van der Waals surface area contributed by atoms with Gasteiger partial charge in [-0.15, -0.1) is 0 Å². The number of rotatable bonds is 4. The summed E-state index contributed by atoms with van der Waals surface area (Å²) in [5.41, 5.74) is 2.28. The van der Waals surface area contributed by atoms with Crippen molar-refractivity contribution < 1.29 is 4.52 Å². The maximum Gasteiger partial charge on any atom is 0.266 e. The zero-order chi connectivity index (χ0) is 20.1. The van der Waals surface area contributed by atoms with E-state index in [-0.39, 0.29) is 12.1 Å². The van der Waals surface area contributed by atoms with E-state index >= 15 is 0 Å². The summed E-state index contributed by atoms with van der Waals surface area (Å²) in [6.45, 7) is 3.57. The van der Waals surface area contributed by atoms with Gasteiger partial charge in [0.2, 0.25) is 5.89 Å². The average Bonchev–Trinajstić information content (AvgIpc) is 3.22. The number of hydrogen-bond acceptors (Lipinski definition) is 7. The van der Waals surface area contributed by atoms with Crippen molar-refractivity contribution in [2.75, 3.05) is 18.0 Å². The fraction of sp³-hybridized carbons (Fsp3) is 0.316. The van der Waals surface area contributed by atoms with Gasteiger partial charge in [0.15, 0.2) is 5.65 Å². The molecule has 29 heavy (non-hydrogen) atoms. The average molecular weight is 412 g/mol. The molecule has 1 saturated heterocycles. The van der Waals surface area contributed by atoms with Crippen LogP contribution in [0.25, 0.3) is 11.0 Å². The lowest BCUT2D eigenvalue weighted by Gasteiger charge is -2.38. The van der Waals surface area contributed by atoms with Gasteiger partial charge in [-0.3, -0.25) is 9.36 Å². The van der Waals surface area contributed by atoms with E-state index in [4.69, 9.17) is 16.1 Å². The summed E-state index contributed by atoms with van der Waals surface area (Å²) < 4.78 is 8.41. The number of halogens is 1. The van der Waals surface area contributed by atoms with Crippen LogP contribution in [-0.2, 0) is 13.6 Å². The number of nitrogens with zero attached hydrogens (tertiary/aromatic N) is 7. The van der Waals surface area contributed by atoms with Gasteiger partial charge in [-0.25, -0.2) is 9.67 Å². The van der Waals surface area contributed by atoms with Gasteiger partial charge in [-0.1, -0.05) is 23.7 Å². The minimum absolute atomic E-state index is 0.164. The molecule has 0 atom stereocenters. The second kappa shape index (κ2) is 6.70. The predicted octanol–water partition coefficient (Wildman–Crippen LogP) is 2.13. The predicted molar refractivity (Wildman–Crippen MR) is 107 cm³/mol. The van der Waals surface area contributed by atoms with Crippen LogP contribution >= 0.6 is 11.6 Å². The second-order valence-electron chi connectivity index (χ2n) is 7.23. The lowest BCUT2D eigenvalue weighted by atomic mass is 9.92.